The number of carbonyl (C=O) groups is 1. The Morgan fingerprint density at radius 1 is 0.972 bits per heavy atom. The summed E-state index contributed by atoms with van der Waals surface area (Å²) in [7, 11) is -3.96. The first-order chi connectivity index (χ1) is 16.7. The third-order valence-corrected chi connectivity index (χ3v) is 7.97. The topological polar surface area (TPSA) is 72.9 Å². The molecule has 1 unspecified atom stereocenters. The van der Waals surface area contributed by atoms with Crippen molar-refractivity contribution >= 4 is 15.7 Å². The normalized spacial score (nSPS) is 16.5. The minimum atomic E-state index is -4.96. The average Bonchev–Trinajstić information content (AvgIpc) is 2.77. The van der Waals surface area contributed by atoms with Crippen LogP contribution < -0.4 is 9.47 Å². The summed E-state index contributed by atoms with van der Waals surface area (Å²) in [6, 6.07) is 9.20. The van der Waals surface area contributed by atoms with Crippen LogP contribution in [0.15, 0.2) is 53.4 Å². The average molecular weight is 539 g/mol. The predicted molar refractivity (Wildman–Crippen MR) is 116 cm³/mol. The molecular formula is C23H23F6NO5S. The van der Waals surface area contributed by atoms with E-state index in [2.05, 4.69) is 9.47 Å². The van der Waals surface area contributed by atoms with Crippen molar-refractivity contribution in [1.29, 1.82) is 0 Å². The van der Waals surface area contributed by atoms with Gasteiger partial charge >= 0.3 is 12.7 Å². The lowest BCUT2D eigenvalue weighted by Gasteiger charge is -2.33. The van der Waals surface area contributed by atoms with Gasteiger partial charge in [-0.1, -0.05) is 18.2 Å². The van der Waals surface area contributed by atoms with Crippen LogP contribution in [0.25, 0.3) is 0 Å². The predicted octanol–water partition coefficient (Wildman–Crippen LogP) is 5.59. The van der Waals surface area contributed by atoms with Gasteiger partial charge in [-0.3, -0.25) is 4.79 Å². The molecule has 2 aromatic rings. The summed E-state index contributed by atoms with van der Waals surface area (Å²) in [6.07, 6.45) is -8.90. The Morgan fingerprint density at radius 3 is 2.19 bits per heavy atom. The number of sulfone groups is 1. The lowest BCUT2D eigenvalue weighted by molar-refractivity contribution is -0.275. The molecule has 36 heavy (non-hydrogen) atoms. The molecule has 0 aliphatic carbocycles. The molecule has 0 radical (unpaired) electrons. The Balaban J connectivity index is 1.62. The second kappa shape index (κ2) is 10.6. The fourth-order valence-corrected chi connectivity index (χ4v) is 5.61. The molecule has 6 nitrogen and oxygen atoms in total. The number of para-hydroxylation sites is 1. The minimum Gasteiger partial charge on any atom is -0.406 e. The first kappa shape index (κ1) is 27.6. The maximum atomic E-state index is 12.9. The van der Waals surface area contributed by atoms with Crippen LogP contribution in [-0.4, -0.2) is 50.3 Å². The lowest BCUT2D eigenvalue weighted by Crippen LogP contribution is -2.39. The first-order valence-electron chi connectivity index (χ1n) is 10.9. The fraction of sp³-hybridized carbons (Fsp3) is 0.435. The molecule has 0 aromatic heterocycles. The molecule has 1 heterocycles. The SMILES string of the molecule is CC(CC1CCN(C(=O)c2ccccc2OC(F)(F)F)CC1)S(=O)(=O)c1cccc(OC(F)(F)F)c1. The number of likely N-dealkylation sites (tertiary alicyclic amines) is 1. The van der Waals surface area contributed by atoms with Gasteiger partial charge in [0, 0.05) is 13.1 Å². The van der Waals surface area contributed by atoms with Crippen molar-refractivity contribution in [3.8, 4) is 11.5 Å². The van der Waals surface area contributed by atoms with Gasteiger partial charge in [-0.15, -0.1) is 26.3 Å². The molecule has 1 aliphatic heterocycles. The highest BCUT2D eigenvalue weighted by atomic mass is 32.2. The Labute approximate surface area is 203 Å². The van der Waals surface area contributed by atoms with Gasteiger partial charge < -0.3 is 14.4 Å². The largest absolute Gasteiger partial charge is 0.573 e. The molecule has 0 N–H and O–H groups in total. The van der Waals surface area contributed by atoms with E-state index in [0.29, 0.717) is 12.8 Å². The van der Waals surface area contributed by atoms with Gasteiger partial charge in [0.25, 0.3) is 5.91 Å². The van der Waals surface area contributed by atoms with Crippen molar-refractivity contribution in [2.24, 2.45) is 5.92 Å². The number of amides is 1. The molecule has 1 aliphatic rings. The zero-order chi connectivity index (χ0) is 26.7. The van der Waals surface area contributed by atoms with E-state index in [1.54, 1.807) is 0 Å². The molecule has 2 aromatic carbocycles. The smallest absolute Gasteiger partial charge is 0.406 e. The minimum absolute atomic E-state index is 0.116. The molecule has 1 atom stereocenters. The van der Waals surface area contributed by atoms with E-state index in [1.807, 2.05) is 0 Å². The molecule has 1 saturated heterocycles. The summed E-state index contributed by atoms with van der Waals surface area (Å²) in [5, 5.41) is -0.924. The van der Waals surface area contributed by atoms with Crippen LogP contribution in [0.1, 0.15) is 36.5 Å². The number of rotatable bonds is 7. The lowest BCUT2D eigenvalue weighted by atomic mass is 9.92. The Bertz CT molecular complexity index is 1170. The molecule has 0 saturated carbocycles. The van der Waals surface area contributed by atoms with Crippen LogP contribution in [0.4, 0.5) is 26.3 Å². The van der Waals surface area contributed by atoms with Crippen LogP contribution in [0.3, 0.4) is 0 Å². The highest BCUT2D eigenvalue weighted by Gasteiger charge is 2.35. The maximum Gasteiger partial charge on any atom is 0.573 e. The van der Waals surface area contributed by atoms with Crippen molar-refractivity contribution in [2.45, 2.75) is 49.1 Å². The third kappa shape index (κ3) is 7.28. The van der Waals surface area contributed by atoms with Crippen LogP contribution >= 0.6 is 0 Å². The van der Waals surface area contributed by atoms with Gasteiger partial charge in [-0.05, 0) is 62.4 Å². The molecule has 13 heteroatoms. The number of carbonyl (C=O) groups excluding carboxylic acids is 1. The molecule has 0 bridgehead atoms. The Morgan fingerprint density at radius 2 is 1.58 bits per heavy atom. The fourth-order valence-electron chi connectivity index (χ4n) is 4.08. The Hall–Kier alpha value is -2.96. The summed E-state index contributed by atoms with van der Waals surface area (Å²) in [6.45, 7) is 1.85. The summed E-state index contributed by atoms with van der Waals surface area (Å²) in [5.41, 5.74) is -0.231. The van der Waals surface area contributed by atoms with Crippen molar-refractivity contribution in [3.63, 3.8) is 0 Å². The zero-order valence-corrected chi connectivity index (χ0v) is 19.8. The molecule has 1 amide bonds. The third-order valence-electron chi connectivity index (χ3n) is 5.81. The van der Waals surface area contributed by atoms with E-state index >= 15 is 0 Å². The van der Waals surface area contributed by atoms with E-state index in [1.165, 1.54) is 36.1 Å². The molecule has 1 fully saturated rings. The van der Waals surface area contributed by atoms with E-state index < -0.39 is 45.2 Å². The van der Waals surface area contributed by atoms with Crippen LogP contribution in [0.5, 0.6) is 11.5 Å². The van der Waals surface area contributed by atoms with Gasteiger partial charge in [0.15, 0.2) is 9.84 Å². The number of ether oxygens (including phenoxy) is 2. The first-order valence-corrected chi connectivity index (χ1v) is 12.4. The summed E-state index contributed by atoms with van der Waals surface area (Å²) in [4.78, 5) is 13.9. The summed E-state index contributed by atoms with van der Waals surface area (Å²) in [5.74, 6) is -1.99. The number of piperidine rings is 1. The van der Waals surface area contributed by atoms with E-state index in [9.17, 15) is 39.6 Å². The second-order valence-corrected chi connectivity index (χ2v) is 10.8. The number of nitrogens with zero attached hydrogens (tertiary/aromatic N) is 1. The monoisotopic (exact) mass is 539 g/mol. The van der Waals surface area contributed by atoms with Gasteiger partial charge in [0.1, 0.15) is 11.5 Å². The summed E-state index contributed by atoms with van der Waals surface area (Å²) >= 11 is 0. The van der Waals surface area contributed by atoms with Gasteiger partial charge in [0.05, 0.1) is 15.7 Å². The highest BCUT2D eigenvalue weighted by Crippen LogP contribution is 2.32. The zero-order valence-electron chi connectivity index (χ0n) is 19.0. The number of hydrogen-bond donors (Lipinski definition) is 0. The van der Waals surface area contributed by atoms with Gasteiger partial charge in [0.2, 0.25) is 0 Å². The van der Waals surface area contributed by atoms with E-state index in [0.717, 1.165) is 24.3 Å². The van der Waals surface area contributed by atoms with Crippen molar-refractivity contribution in [2.75, 3.05) is 13.1 Å². The standard InChI is InChI=1S/C23H23F6NO5S/c1-15(36(32,33)18-6-4-5-17(14-18)34-22(24,25)26)13-16-9-11-30(12-10-16)21(31)19-7-2-3-8-20(19)35-23(27,28)29/h2-8,14-16H,9-13H2,1H3. The molecular weight excluding hydrogens is 516 g/mol. The molecule has 3 rings (SSSR count). The maximum absolute atomic E-state index is 12.9. The van der Waals surface area contributed by atoms with Crippen molar-refractivity contribution in [3.05, 3.63) is 54.1 Å². The quantitative estimate of drug-likeness (QED) is 0.429. The van der Waals surface area contributed by atoms with E-state index in [-0.39, 0.29) is 35.9 Å². The molecule has 0 spiro atoms. The second-order valence-electron chi connectivity index (χ2n) is 8.39. The van der Waals surface area contributed by atoms with Crippen molar-refractivity contribution < 1.29 is 49.0 Å². The number of benzene rings is 2. The van der Waals surface area contributed by atoms with Gasteiger partial charge in [-0.2, -0.15) is 0 Å². The Kier molecular flexibility index (Phi) is 8.11. The van der Waals surface area contributed by atoms with E-state index in [4.69, 9.17) is 0 Å². The van der Waals surface area contributed by atoms with Crippen molar-refractivity contribution in [1.82, 2.24) is 4.90 Å². The van der Waals surface area contributed by atoms with Crippen LogP contribution in [-0.2, 0) is 9.84 Å². The molecule has 198 valence electrons. The van der Waals surface area contributed by atoms with Crippen LogP contribution in [0, 0.1) is 5.92 Å². The summed E-state index contributed by atoms with van der Waals surface area (Å²) < 4.78 is 109. The highest BCUT2D eigenvalue weighted by molar-refractivity contribution is 7.92. The number of alkyl halides is 6. The van der Waals surface area contributed by atoms with Gasteiger partial charge in [-0.25, -0.2) is 8.42 Å². The number of hydrogen-bond acceptors (Lipinski definition) is 5. The van der Waals surface area contributed by atoms with Crippen LogP contribution in [0.2, 0.25) is 0 Å². The number of halogens is 6.